The monoisotopic (exact) mass is 393 g/mol. The van der Waals surface area contributed by atoms with Crippen LogP contribution in [-0.2, 0) is 14.8 Å². The van der Waals surface area contributed by atoms with Gasteiger partial charge in [0.2, 0.25) is 15.9 Å². The lowest BCUT2D eigenvalue weighted by Gasteiger charge is -2.30. The summed E-state index contributed by atoms with van der Waals surface area (Å²) in [4.78, 5) is 16.5. The topological polar surface area (TPSA) is 79.4 Å². The molecular weight excluding hydrogens is 374 g/mol. The van der Waals surface area contributed by atoms with E-state index in [0.29, 0.717) is 36.6 Å². The average Bonchev–Trinajstić information content (AvgIpc) is 2.65. The molecule has 138 valence electrons. The molecule has 0 spiro atoms. The summed E-state index contributed by atoms with van der Waals surface area (Å²) in [5.74, 6) is -0.334. The molecule has 1 saturated heterocycles. The maximum absolute atomic E-state index is 12.6. The number of carbonyl (C=O) groups excluding carboxylic acids is 1. The lowest BCUT2D eigenvalue weighted by molar-refractivity contribution is -0.120. The smallest absolute Gasteiger partial charge is 0.244 e. The van der Waals surface area contributed by atoms with E-state index in [2.05, 4.69) is 10.3 Å². The van der Waals surface area contributed by atoms with Gasteiger partial charge in [-0.15, -0.1) is 0 Å². The van der Waals surface area contributed by atoms with Crippen LogP contribution in [0.2, 0.25) is 5.02 Å². The minimum absolute atomic E-state index is 0.108. The molecule has 8 heteroatoms. The number of sulfonamides is 1. The number of pyridine rings is 1. The molecule has 0 aliphatic carbocycles. The molecule has 1 N–H and O–H groups in total. The van der Waals surface area contributed by atoms with E-state index in [-0.39, 0.29) is 16.7 Å². The van der Waals surface area contributed by atoms with E-state index in [4.69, 9.17) is 11.6 Å². The van der Waals surface area contributed by atoms with Gasteiger partial charge in [0, 0.05) is 42.1 Å². The van der Waals surface area contributed by atoms with Gasteiger partial charge in [-0.2, -0.15) is 4.31 Å². The molecule has 0 radical (unpaired) electrons. The van der Waals surface area contributed by atoms with E-state index in [0.717, 1.165) is 5.56 Å². The number of anilines is 1. The van der Waals surface area contributed by atoms with Crippen molar-refractivity contribution in [2.24, 2.45) is 5.92 Å². The zero-order chi connectivity index (χ0) is 18.7. The van der Waals surface area contributed by atoms with Crippen molar-refractivity contribution < 1.29 is 13.2 Å². The standard InChI is InChI=1S/C18H20ClN3O3S/c1-13-4-5-15(11-17(13)19)21-18(23)14-6-9-22(10-7-14)26(24,25)16-3-2-8-20-12-16/h2-5,8,11-12,14H,6-7,9-10H2,1H3,(H,21,23). The van der Waals surface area contributed by atoms with E-state index in [1.54, 1.807) is 18.2 Å². The maximum Gasteiger partial charge on any atom is 0.244 e. The molecule has 2 aromatic rings. The molecule has 0 atom stereocenters. The van der Waals surface area contributed by atoms with Crippen LogP contribution in [0.25, 0.3) is 0 Å². The first-order valence-corrected chi connectivity index (χ1v) is 10.2. The van der Waals surface area contributed by atoms with E-state index in [9.17, 15) is 13.2 Å². The third kappa shape index (κ3) is 4.06. The van der Waals surface area contributed by atoms with E-state index >= 15 is 0 Å². The number of hydrogen-bond donors (Lipinski definition) is 1. The van der Waals surface area contributed by atoms with Gasteiger partial charge < -0.3 is 5.32 Å². The number of rotatable bonds is 4. The highest BCUT2D eigenvalue weighted by molar-refractivity contribution is 7.89. The van der Waals surface area contributed by atoms with Crippen molar-refractivity contribution in [1.82, 2.24) is 9.29 Å². The fraction of sp³-hybridized carbons (Fsp3) is 0.333. The molecule has 1 fully saturated rings. The summed E-state index contributed by atoms with van der Waals surface area (Å²) in [5.41, 5.74) is 1.59. The Kier molecular flexibility index (Phi) is 5.60. The van der Waals surface area contributed by atoms with Crippen LogP contribution in [0.15, 0.2) is 47.6 Å². The van der Waals surface area contributed by atoms with Crippen molar-refractivity contribution in [3.05, 3.63) is 53.3 Å². The molecule has 3 rings (SSSR count). The fourth-order valence-corrected chi connectivity index (χ4v) is 4.54. The zero-order valence-electron chi connectivity index (χ0n) is 14.4. The number of hydrogen-bond acceptors (Lipinski definition) is 4. The molecule has 26 heavy (non-hydrogen) atoms. The van der Waals surface area contributed by atoms with Crippen molar-refractivity contribution in [3.63, 3.8) is 0 Å². The van der Waals surface area contributed by atoms with E-state index in [1.807, 2.05) is 13.0 Å². The highest BCUT2D eigenvalue weighted by Gasteiger charge is 2.32. The molecule has 1 aromatic carbocycles. The summed E-state index contributed by atoms with van der Waals surface area (Å²) < 4.78 is 26.6. The van der Waals surface area contributed by atoms with Gasteiger partial charge in [0.25, 0.3) is 0 Å². The first-order chi connectivity index (χ1) is 12.4. The average molecular weight is 394 g/mol. The van der Waals surface area contributed by atoms with Crippen molar-refractivity contribution in [2.75, 3.05) is 18.4 Å². The summed E-state index contributed by atoms with van der Waals surface area (Å²) in [6, 6.07) is 8.50. The Morgan fingerprint density at radius 1 is 1.27 bits per heavy atom. The number of aryl methyl sites for hydroxylation is 1. The second kappa shape index (κ2) is 7.73. The van der Waals surface area contributed by atoms with Gasteiger partial charge in [-0.25, -0.2) is 8.42 Å². The van der Waals surface area contributed by atoms with Gasteiger partial charge >= 0.3 is 0 Å². The maximum atomic E-state index is 12.6. The Bertz CT molecular complexity index is 895. The van der Waals surface area contributed by atoms with Gasteiger partial charge in [-0.1, -0.05) is 17.7 Å². The number of halogens is 1. The third-order valence-electron chi connectivity index (χ3n) is 4.54. The van der Waals surface area contributed by atoms with Crippen LogP contribution in [0, 0.1) is 12.8 Å². The number of benzene rings is 1. The number of nitrogens with zero attached hydrogens (tertiary/aromatic N) is 2. The normalized spacial score (nSPS) is 16.4. The quantitative estimate of drug-likeness (QED) is 0.865. The lowest BCUT2D eigenvalue weighted by atomic mass is 9.97. The van der Waals surface area contributed by atoms with Crippen molar-refractivity contribution in [2.45, 2.75) is 24.7 Å². The van der Waals surface area contributed by atoms with Crippen molar-refractivity contribution in [3.8, 4) is 0 Å². The summed E-state index contributed by atoms with van der Waals surface area (Å²) >= 11 is 6.08. The second-order valence-corrected chi connectivity index (χ2v) is 8.67. The number of aromatic nitrogens is 1. The molecule has 6 nitrogen and oxygen atoms in total. The summed E-state index contributed by atoms with van der Waals surface area (Å²) in [6.45, 7) is 2.51. The molecule has 1 amide bonds. The predicted octanol–water partition coefficient (Wildman–Crippen LogP) is 3.08. The largest absolute Gasteiger partial charge is 0.326 e. The molecule has 0 saturated carbocycles. The predicted molar refractivity (Wildman–Crippen MR) is 101 cm³/mol. The zero-order valence-corrected chi connectivity index (χ0v) is 15.9. The van der Waals surface area contributed by atoms with Crippen LogP contribution in [-0.4, -0.2) is 36.7 Å². The highest BCUT2D eigenvalue weighted by atomic mass is 35.5. The SMILES string of the molecule is Cc1ccc(NC(=O)C2CCN(S(=O)(=O)c3cccnc3)CC2)cc1Cl. The number of carbonyl (C=O) groups is 1. The molecule has 1 aromatic heterocycles. The Balaban J connectivity index is 1.61. The second-order valence-electron chi connectivity index (χ2n) is 6.32. The van der Waals surface area contributed by atoms with Crippen molar-refractivity contribution >= 4 is 33.2 Å². The third-order valence-corrected chi connectivity index (χ3v) is 6.83. The molecule has 1 aliphatic rings. The summed E-state index contributed by atoms with van der Waals surface area (Å²) in [5, 5.41) is 3.46. The van der Waals surface area contributed by atoms with E-state index in [1.165, 1.54) is 22.8 Å². The van der Waals surface area contributed by atoms with Crippen LogP contribution in [0.4, 0.5) is 5.69 Å². The Morgan fingerprint density at radius 3 is 2.62 bits per heavy atom. The van der Waals surface area contributed by atoms with Gasteiger partial charge in [0.1, 0.15) is 4.90 Å². The minimum Gasteiger partial charge on any atom is -0.326 e. The Morgan fingerprint density at radius 2 is 2.00 bits per heavy atom. The van der Waals surface area contributed by atoms with Crippen LogP contribution in [0.1, 0.15) is 18.4 Å². The Hall–Kier alpha value is -1.96. The molecule has 0 unspecified atom stereocenters. The molecule has 1 aliphatic heterocycles. The number of nitrogens with one attached hydrogen (secondary N) is 1. The van der Waals surface area contributed by atoms with Gasteiger partial charge in [0.05, 0.1) is 0 Å². The van der Waals surface area contributed by atoms with Crippen molar-refractivity contribution in [1.29, 1.82) is 0 Å². The van der Waals surface area contributed by atoms with Gasteiger partial charge in [0.15, 0.2) is 0 Å². The molecule has 0 bridgehead atoms. The Labute approximate surface area is 158 Å². The summed E-state index contributed by atoms with van der Waals surface area (Å²) in [7, 11) is -3.56. The van der Waals surface area contributed by atoms with E-state index < -0.39 is 10.0 Å². The number of piperidine rings is 1. The summed E-state index contributed by atoms with van der Waals surface area (Å²) in [6.07, 6.45) is 3.83. The highest BCUT2D eigenvalue weighted by Crippen LogP contribution is 2.25. The van der Waals surface area contributed by atoms with Crippen LogP contribution in [0.3, 0.4) is 0 Å². The lowest BCUT2D eigenvalue weighted by Crippen LogP contribution is -2.41. The number of amides is 1. The van der Waals surface area contributed by atoms with Crippen LogP contribution in [0.5, 0.6) is 0 Å². The molecular formula is C18H20ClN3O3S. The first kappa shape index (κ1) is 18.8. The minimum atomic E-state index is -3.56. The first-order valence-electron chi connectivity index (χ1n) is 8.35. The van der Waals surface area contributed by atoms with Crippen LogP contribution >= 0.6 is 11.6 Å². The fourth-order valence-electron chi connectivity index (χ4n) is 2.92. The van der Waals surface area contributed by atoms with Gasteiger partial charge in [-0.05, 0) is 49.6 Å². The van der Waals surface area contributed by atoms with Gasteiger partial charge in [-0.3, -0.25) is 9.78 Å². The van der Waals surface area contributed by atoms with Crippen LogP contribution < -0.4 is 5.32 Å². The molecule has 2 heterocycles.